The van der Waals surface area contributed by atoms with E-state index in [9.17, 15) is 13.2 Å². The molecule has 126 valence electrons. The van der Waals surface area contributed by atoms with Gasteiger partial charge in [0.1, 0.15) is 5.82 Å². The third-order valence-electron chi connectivity index (χ3n) is 3.68. The predicted octanol–water partition coefficient (Wildman–Crippen LogP) is 1.23. The van der Waals surface area contributed by atoms with Crippen LogP contribution in [0.4, 0.5) is 5.82 Å². The standard InChI is InChI=1S/C16H18N4O3S/c17-24(22,23)13-7-3-11(4-8-13)10-19-16(21)14-2-1-9-18-15(14)20-12-5-6-12/h1-4,7-9,12H,5-6,10H2,(H,18,20)(H,19,21)(H2,17,22,23). The first-order valence-electron chi connectivity index (χ1n) is 7.55. The van der Waals surface area contributed by atoms with Crippen molar-refractivity contribution < 1.29 is 13.2 Å². The van der Waals surface area contributed by atoms with E-state index in [1.54, 1.807) is 30.5 Å². The summed E-state index contributed by atoms with van der Waals surface area (Å²) in [5, 5.41) is 11.1. The first-order chi connectivity index (χ1) is 11.4. The molecule has 0 radical (unpaired) electrons. The fourth-order valence-electron chi connectivity index (χ4n) is 2.20. The summed E-state index contributed by atoms with van der Waals surface area (Å²) in [5.74, 6) is 0.351. The Balaban J connectivity index is 1.65. The van der Waals surface area contributed by atoms with Gasteiger partial charge >= 0.3 is 0 Å². The number of carbonyl (C=O) groups is 1. The Morgan fingerprint density at radius 1 is 1.21 bits per heavy atom. The van der Waals surface area contributed by atoms with Gasteiger partial charge in [0.05, 0.1) is 10.5 Å². The van der Waals surface area contributed by atoms with Crippen LogP contribution in [0.1, 0.15) is 28.8 Å². The first kappa shape index (κ1) is 16.4. The highest BCUT2D eigenvalue weighted by atomic mass is 32.2. The van der Waals surface area contributed by atoms with E-state index < -0.39 is 10.0 Å². The highest BCUT2D eigenvalue weighted by Crippen LogP contribution is 2.25. The Kier molecular flexibility index (Phi) is 4.50. The average molecular weight is 346 g/mol. The van der Waals surface area contributed by atoms with Crippen LogP contribution in [0.15, 0.2) is 47.5 Å². The number of hydrogen-bond donors (Lipinski definition) is 3. The first-order valence-corrected chi connectivity index (χ1v) is 9.09. The lowest BCUT2D eigenvalue weighted by Crippen LogP contribution is -2.24. The summed E-state index contributed by atoms with van der Waals surface area (Å²) in [6.45, 7) is 0.279. The van der Waals surface area contributed by atoms with Crippen molar-refractivity contribution in [1.82, 2.24) is 10.3 Å². The maximum absolute atomic E-state index is 12.4. The van der Waals surface area contributed by atoms with Gasteiger partial charge in [-0.3, -0.25) is 4.79 Å². The number of nitrogens with zero attached hydrogens (tertiary/aromatic N) is 1. The number of rotatable bonds is 6. The van der Waals surface area contributed by atoms with Gasteiger partial charge in [0.15, 0.2) is 0 Å². The van der Waals surface area contributed by atoms with Crippen LogP contribution in [0.2, 0.25) is 0 Å². The van der Waals surface area contributed by atoms with Crippen LogP contribution in [0.5, 0.6) is 0 Å². The highest BCUT2D eigenvalue weighted by molar-refractivity contribution is 7.89. The van der Waals surface area contributed by atoms with Crippen LogP contribution in [0, 0.1) is 0 Å². The molecule has 0 aliphatic heterocycles. The maximum Gasteiger partial charge on any atom is 0.255 e. The van der Waals surface area contributed by atoms with Crippen LogP contribution in [0.25, 0.3) is 0 Å². The molecule has 3 rings (SSSR count). The predicted molar refractivity (Wildman–Crippen MR) is 89.9 cm³/mol. The second kappa shape index (κ2) is 6.58. The van der Waals surface area contributed by atoms with Gasteiger partial charge in [-0.1, -0.05) is 12.1 Å². The van der Waals surface area contributed by atoms with E-state index in [1.165, 1.54) is 12.1 Å². The summed E-state index contributed by atoms with van der Waals surface area (Å²) in [7, 11) is -3.71. The van der Waals surface area contributed by atoms with E-state index in [4.69, 9.17) is 5.14 Å². The smallest absolute Gasteiger partial charge is 0.255 e. The molecule has 1 aromatic heterocycles. The fraction of sp³-hybridized carbons (Fsp3) is 0.250. The van der Waals surface area contributed by atoms with E-state index in [1.807, 2.05) is 0 Å². The quantitative estimate of drug-likeness (QED) is 0.728. The van der Waals surface area contributed by atoms with Crippen LogP contribution < -0.4 is 15.8 Å². The number of pyridine rings is 1. The molecule has 0 unspecified atom stereocenters. The molecule has 4 N–H and O–H groups in total. The molecule has 1 amide bonds. The Bertz CT molecular complexity index is 846. The molecular formula is C16H18N4O3S. The number of nitrogens with two attached hydrogens (primary N) is 1. The molecule has 1 fully saturated rings. The Hall–Kier alpha value is -2.45. The minimum atomic E-state index is -3.71. The number of nitrogens with one attached hydrogen (secondary N) is 2. The molecule has 0 atom stereocenters. The number of amides is 1. The lowest BCUT2D eigenvalue weighted by molar-refractivity contribution is 0.0951. The van der Waals surface area contributed by atoms with Gasteiger partial charge in [-0.15, -0.1) is 0 Å². The number of carbonyl (C=O) groups excluding carboxylic acids is 1. The summed E-state index contributed by atoms with van der Waals surface area (Å²) in [6.07, 6.45) is 3.83. The number of anilines is 1. The normalized spacial score (nSPS) is 14.2. The third kappa shape index (κ3) is 4.09. The second-order valence-corrected chi connectivity index (χ2v) is 7.25. The Labute approximate surface area is 140 Å². The zero-order chi connectivity index (χ0) is 17.2. The number of primary sulfonamides is 1. The topological polar surface area (TPSA) is 114 Å². The van der Waals surface area contributed by atoms with Crippen LogP contribution >= 0.6 is 0 Å². The van der Waals surface area contributed by atoms with Gasteiger partial charge in [-0.25, -0.2) is 18.5 Å². The van der Waals surface area contributed by atoms with Crippen molar-refractivity contribution in [2.24, 2.45) is 5.14 Å². The van der Waals surface area contributed by atoms with Gasteiger partial charge in [0.2, 0.25) is 10.0 Å². The molecule has 0 saturated heterocycles. The van der Waals surface area contributed by atoms with Crippen LogP contribution in [-0.4, -0.2) is 25.4 Å². The minimum absolute atomic E-state index is 0.0424. The van der Waals surface area contributed by atoms with Crippen LogP contribution in [0.3, 0.4) is 0 Å². The molecule has 8 heteroatoms. The summed E-state index contributed by atoms with van der Waals surface area (Å²) < 4.78 is 22.4. The summed E-state index contributed by atoms with van der Waals surface area (Å²) in [6, 6.07) is 9.91. The zero-order valence-electron chi connectivity index (χ0n) is 12.9. The third-order valence-corrected chi connectivity index (χ3v) is 4.60. The van der Waals surface area contributed by atoms with Gasteiger partial charge in [0, 0.05) is 18.8 Å². The lowest BCUT2D eigenvalue weighted by Gasteiger charge is -2.10. The number of aromatic nitrogens is 1. The van der Waals surface area contributed by atoms with Crippen molar-refractivity contribution in [2.75, 3.05) is 5.32 Å². The molecule has 7 nitrogen and oxygen atoms in total. The molecule has 0 bridgehead atoms. The molecule has 24 heavy (non-hydrogen) atoms. The Morgan fingerprint density at radius 3 is 2.54 bits per heavy atom. The summed E-state index contributed by atoms with van der Waals surface area (Å²) in [4.78, 5) is 16.6. The van der Waals surface area contributed by atoms with Gasteiger partial charge < -0.3 is 10.6 Å². The molecule has 1 heterocycles. The van der Waals surface area contributed by atoms with Crippen molar-refractivity contribution in [3.63, 3.8) is 0 Å². The van der Waals surface area contributed by atoms with Gasteiger partial charge in [0.25, 0.3) is 5.91 Å². The molecular weight excluding hydrogens is 328 g/mol. The monoisotopic (exact) mass is 346 g/mol. The number of benzene rings is 1. The molecule has 1 aliphatic carbocycles. The number of hydrogen-bond acceptors (Lipinski definition) is 5. The van der Waals surface area contributed by atoms with Crippen molar-refractivity contribution in [3.8, 4) is 0 Å². The lowest BCUT2D eigenvalue weighted by atomic mass is 10.2. The van der Waals surface area contributed by atoms with E-state index >= 15 is 0 Å². The molecule has 0 spiro atoms. The maximum atomic E-state index is 12.4. The molecule has 1 aromatic carbocycles. The summed E-state index contributed by atoms with van der Waals surface area (Å²) in [5.41, 5.74) is 1.27. The summed E-state index contributed by atoms with van der Waals surface area (Å²) >= 11 is 0. The SMILES string of the molecule is NS(=O)(=O)c1ccc(CNC(=O)c2cccnc2NC2CC2)cc1. The second-order valence-electron chi connectivity index (χ2n) is 5.69. The molecule has 1 saturated carbocycles. The molecule has 1 aliphatic rings. The molecule has 2 aromatic rings. The zero-order valence-corrected chi connectivity index (χ0v) is 13.7. The Morgan fingerprint density at radius 2 is 1.92 bits per heavy atom. The van der Waals surface area contributed by atoms with Gasteiger partial charge in [-0.05, 0) is 42.7 Å². The average Bonchev–Trinajstić information content (AvgIpc) is 3.37. The minimum Gasteiger partial charge on any atom is -0.367 e. The van der Waals surface area contributed by atoms with Gasteiger partial charge in [-0.2, -0.15) is 0 Å². The highest BCUT2D eigenvalue weighted by Gasteiger charge is 2.23. The van der Waals surface area contributed by atoms with Crippen molar-refractivity contribution in [2.45, 2.75) is 30.3 Å². The van der Waals surface area contributed by atoms with E-state index in [0.29, 0.717) is 17.4 Å². The largest absolute Gasteiger partial charge is 0.367 e. The van der Waals surface area contributed by atoms with Crippen molar-refractivity contribution in [1.29, 1.82) is 0 Å². The fourth-order valence-corrected chi connectivity index (χ4v) is 2.71. The van der Waals surface area contributed by atoms with E-state index in [2.05, 4.69) is 15.6 Å². The van der Waals surface area contributed by atoms with E-state index in [-0.39, 0.29) is 17.3 Å². The van der Waals surface area contributed by atoms with Crippen molar-refractivity contribution >= 4 is 21.7 Å². The van der Waals surface area contributed by atoms with Crippen molar-refractivity contribution in [3.05, 3.63) is 53.7 Å². The van der Waals surface area contributed by atoms with E-state index in [0.717, 1.165) is 18.4 Å². The number of sulfonamides is 1. The van der Waals surface area contributed by atoms with Crippen LogP contribution in [-0.2, 0) is 16.6 Å².